The molecule has 11 heteroatoms. The minimum Gasteiger partial charge on any atom is -0.327 e. The Morgan fingerprint density at radius 3 is 2.86 bits per heavy atom. The van der Waals surface area contributed by atoms with Crippen molar-refractivity contribution in [2.75, 3.05) is 16.8 Å². The molecule has 2 fully saturated rings. The van der Waals surface area contributed by atoms with Gasteiger partial charge in [0.25, 0.3) is 5.91 Å². The molecule has 3 aromatic heterocycles. The predicted molar refractivity (Wildman–Crippen MR) is 124 cm³/mol. The topological polar surface area (TPSA) is 133 Å². The highest BCUT2D eigenvalue weighted by Gasteiger charge is 2.56. The second kappa shape index (κ2) is 7.87. The normalized spacial score (nSPS) is 21.2. The van der Waals surface area contributed by atoms with Crippen molar-refractivity contribution in [2.45, 2.75) is 32.4 Å². The van der Waals surface area contributed by atoms with Crippen LogP contribution in [0.4, 0.5) is 17.3 Å². The van der Waals surface area contributed by atoms with Gasteiger partial charge in [0, 0.05) is 55.9 Å². The van der Waals surface area contributed by atoms with Crippen molar-refractivity contribution in [1.29, 1.82) is 5.26 Å². The number of rotatable bonds is 5. The van der Waals surface area contributed by atoms with Gasteiger partial charge in [-0.2, -0.15) is 10.4 Å². The molecule has 1 aliphatic carbocycles. The Bertz CT molecular complexity index is 1360. The first-order chi connectivity index (χ1) is 17.0. The number of nitriles is 1. The van der Waals surface area contributed by atoms with Crippen LogP contribution in [0.5, 0.6) is 0 Å². The Balaban J connectivity index is 1.18. The third-order valence-electron chi connectivity index (χ3n) is 7.11. The van der Waals surface area contributed by atoms with E-state index in [0.29, 0.717) is 49.1 Å². The van der Waals surface area contributed by atoms with E-state index in [1.807, 2.05) is 0 Å². The number of amides is 2. The molecule has 6 rings (SSSR count). The first kappa shape index (κ1) is 21.2. The lowest BCUT2D eigenvalue weighted by atomic mass is 9.83. The largest absolute Gasteiger partial charge is 0.327 e. The van der Waals surface area contributed by atoms with Crippen LogP contribution in [0.1, 0.15) is 41.0 Å². The van der Waals surface area contributed by atoms with E-state index in [1.54, 1.807) is 47.4 Å². The van der Waals surface area contributed by atoms with Crippen LogP contribution < -0.4 is 10.2 Å². The number of nitrogens with one attached hydrogen (secondary N) is 1. The van der Waals surface area contributed by atoms with Crippen molar-refractivity contribution in [3.05, 3.63) is 53.9 Å². The van der Waals surface area contributed by atoms with E-state index in [1.165, 1.54) is 11.0 Å². The summed E-state index contributed by atoms with van der Waals surface area (Å²) in [7, 11) is 1.72. The van der Waals surface area contributed by atoms with Crippen LogP contribution >= 0.6 is 0 Å². The Labute approximate surface area is 201 Å². The monoisotopic (exact) mass is 469 g/mol. The van der Waals surface area contributed by atoms with Crippen LogP contribution in [-0.4, -0.2) is 48.0 Å². The van der Waals surface area contributed by atoms with Crippen LogP contribution in [-0.2, 0) is 24.9 Å². The van der Waals surface area contributed by atoms with Gasteiger partial charge < -0.3 is 15.1 Å². The molecule has 0 spiro atoms. The van der Waals surface area contributed by atoms with E-state index in [2.05, 4.69) is 31.4 Å². The molecule has 1 atom stereocenters. The summed E-state index contributed by atoms with van der Waals surface area (Å²) in [5, 5.41) is 17.3. The van der Waals surface area contributed by atoms with Crippen LogP contribution in [0.15, 0.2) is 36.9 Å². The van der Waals surface area contributed by atoms with Gasteiger partial charge in [-0.25, -0.2) is 15.0 Å². The second-order valence-corrected chi connectivity index (χ2v) is 9.28. The fourth-order valence-corrected chi connectivity index (χ4v) is 5.06. The van der Waals surface area contributed by atoms with E-state index < -0.39 is 5.41 Å². The van der Waals surface area contributed by atoms with E-state index >= 15 is 0 Å². The molecule has 35 heavy (non-hydrogen) atoms. The molecule has 3 aromatic rings. The molecule has 0 bridgehead atoms. The number of pyridine rings is 1. The summed E-state index contributed by atoms with van der Waals surface area (Å²) in [5.41, 5.74) is 2.03. The van der Waals surface area contributed by atoms with Crippen LogP contribution in [0.2, 0.25) is 0 Å². The zero-order chi connectivity index (χ0) is 24.2. The smallest absolute Gasteiger partial charge is 0.272 e. The maximum atomic E-state index is 13.1. The Hall–Kier alpha value is -4.33. The molecule has 1 N–H and O–H groups in total. The average Bonchev–Trinajstić information content (AvgIpc) is 3.39. The summed E-state index contributed by atoms with van der Waals surface area (Å²) in [6.07, 6.45) is 7.27. The number of hydrogen-bond donors (Lipinski definition) is 1. The number of aryl methyl sites for hydroxylation is 1. The fourth-order valence-electron chi connectivity index (χ4n) is 5.06. The van der Waals surface area contributed by atoms with Crippen molar-refractivity contribution in [2.24, 2.45) is 18.4 Å². The van der Waals surface area contributed by atoms with Crippen LogP contribution in [0, 0.1) is 22.7 Å². The van der Waals surface area contributed by atoms with Crippen molar-refractivity contribution < 1.29 is 9.59 Å². The maximum absolute atomic E-state index is 13.1. The van der Waals surface area contributed by atoms with Crippen molar-refractivity contribution in [3.63, 3.8) is 0 Å². The highest BCUT2D eigenvalue weighted by molar-refractivity contribution is 6.02. The van der Waals surface area contributed by atoms with Crippen LogP contribution in [0.25, 0.3) is 0 Å². The zero-order valence-electron chi connectivity index (χ0n) is 19.2. The molecule has 2 amide bonds. The van der Waals surface area contributed by atoms with E-state index in [0.717, 1.165) is 24.1 Å². The molecule has 1 saturated carbocycles. The minimum absolute atomic E-state index is 0.123. The lowest BCUT2D eigenvalue weighted by molar-refractivity contribution is -0.123. The average molecular weight is 470 g/mol. The van der Waals surface area contributed by atoms with E-state index in [4.69, 9.17) is 0 Å². The highest BCUT2D eigenvalue weighted by atomic mass is 16.2. The van der Waals surface area contributed by atoms with Crippen molar-refractivity contribution in [1.82, 2.24) is 29.6 Å². The van der Waals surface area contributed by atoms with E-state index in [9.17, 15) is 14.9 Å². The number of carbonyl (C=O) groups excluding carboxylic acids is 2. The lowest BCUT2D eigenvalue weighted by Crippen LogP contribution is -2.35. The van der Waals surface area contributed by atoms with Crippen molar-refractivity contribution >= 4 is 29.1 Å². The number of nitrogens with zero attached hydrogens (tertiary/aromatic N) is 8. The molecular formula is C24H23N9O2. The fraction of sp³-hybridized carbons (Fsp3) is 0.375. The molecule has 2 aliphatic heterocycles. The van der Waals surface area contributed by atoms with Gasteiger partial charge in [0.2, 0.25) is 5.91 Å². The zero-order valence-corrected chi connectivity index (χ0v) is 19.2. The SMILES string of the molecule is Cn1nc(Nc2cc(N3CC[C@@](C#N)(C4CC4)C3=O)ccn2)cc1C(=O)N1Cc2cncnc2C1. The molecule has 0 aromatic carbocycles. The van der Waals surface area contributed by atoms with Gasteiger partial charge in [0.1, 0.15) is 23.3 Å². The second-order valence-electron chi connectivity index (χ2n) is 9.28. The van der Waals surface area contributed by atoms with Gasteiger partial charge in [-0.1, -0.05) is 0 Å². The number of carbonyl (C=O) groups is 2. The molecule has 176 valence electrons. The summed E-state index contributed by atoms with van der Waals surface area (Å²) in [6.45, 7) is 1.40. The molecule has 3 aliphatic rings. The van der Waals surface area contributed by atoms with Gasteiger partial charge in [0.15, 0.2) is 5.82 Å². The van der Waals surface area contributed by atoms with E-state index in [-0.39, 0.29) is 17.7 Å². The van der Waals surface area contributed by atoms with Gasteiger partial charge >= 0.3 is 0 Å². The lowest BCUT2D eigenvalue weighted by Gasteiger charge is -2.21. The summed E-state index contributed by atoms with van der Waals surface area (Å²) >= 11 is 0. The summed E-state index contributed by atoms with van der Waals surface area (Å²) < 4.78 is 1.53. The minimum atomic E-state index is -0.895. The first-order valence-corrected chi connectivity index (χ1v) is 11.6. The molecular weight excluding hydrogens is 446 g/mol. The number of hydrogen-bond acceptors (Lipinski definition) is 8. The molecule has 0 unspecified atom stereocenters. The third kappa shape index (κ3) is 3.49. The molecule has 11 nitrogen and oxygen atoms in total. The van der Waals surface area contributed by atoms with Gasteiger partial charge in [-0.05, 0) is 31.2 Å². The Morgan fingerprint density at radius 1 is 1.23 bits per heavy atom. The Morgan fingerprint density at radius 2 is 2.09 bits per heavy atom. The van der Waals surface area contributed by atoms with Gasteiger partial charge in [-0.15, -0.1) is 0 Å². The summed E-state index contributed by atoms with van der Waals surface area (Å²) in [4.78, 5) is 42.3. The predicted octanol–water partition coefficient (Wildman–Crippen LogP) is 2.16. The molecule has 1 saturated heterocycles. The van der Waals surface area contributed by atoms with Gasteiger partial charge in [0.05, 0.1) is 18.3 Å². The summed E-state index contributed by atoms with van der Waals surface area (Å²) in [5.74, 6) is 0.862. The van der Waals surface area contributed by atoms with Gasteiger partial charge in [-0.3, -0.25) is 14.3 Å². The van der Waals surface area contributed by atoms with Crippen LogP contribution in [0.3, 0.4) is 0 Å². The third-order valence-corrected chi connectivity index (χ3v) is 7.11. The van der Waals surface area contributed by atoms with Crippen molar-refractivity contribution in [3.8, 4) is 6.07 Å². The Kier molecular flexibility index (Phi) is 4.77. The number of aromatic nitrogens is 5. The number of fused-ring (bicyclic) bond motifs is 1. The molecule has 5 heterocycles. The first-order valence-electron chi connectivity index (χ1n) is 11.6. The quantitative estimate of drug-likeness (QED) is 0.601. The summed E-state index contributed by atoms with van der Waals surface area (Å²) in [6, 6.07) is 7.53. The number of anilines is 3. The standard InChI is InChI=1S/C24H23N9O2/c1-31-19(22(34)32-11-15-10-26-14-28-18(15)12-32)9-21(30-31)29-20-8-17(4-6-27-20)33-7-5-24(13-25,23(33)35)16-2-3-16/h4,6,8-10,14,16H,2-3,5,7,11-12H2,1H3,(H,27,29,30)/t24-/m1/s1. The molecule has 0 radical (unpaired) electrons. The highest BCUT2D eigenvalue weighted by Crippen LogP contribution is 2.51. The maximum Gasteiger partial charge on any atom is 0.272 e.